The van der Waals surface area contributed by atoms with Gasteiger partial charge in [0, 0.05) is 18.4 Å². The summed E-state index contributed by atoms with van der Waals surface area (Å²) in [5.41, 5.74) is 6.22. The number of primary amides is 1. The van der Waals surface area contributed by atoms with Crippen molar-refractivity contribution in [2.75, 3.05) is 11.9 Å². The largest absolute Gasteiger partial charge is 0.465 e. The number of carboxylic acid groups (broad SMARTS) is 1. The zero-order valence-electron chi connectivity index (χ0n) is 17.4. The predicted octanol–water partition coefficient (Wildman–Crippen LogP) is 3.49. The standard InChI is InChI=1S/C22H25FN6O3/c23-14-5-7-15(8-6-14)26-21-17(20(25)30)12-29(27-21)18-9-10-28(22(31)32)19(16(18)11-24)13-3-1-2-4-13/h5-8,12-13,16,18-19H,1-4,9-10H2,(H2,25,30)(H,26,27)(H,31,32)/t16-,18+,19?/m0/s1. The van der Waals surface area contributed by atoms with Crippen molar-refractivity contribution in [2.45, 2.75) is 44.2 Å². The van der Waals surface area contributed by atoms with Gasteiger partial charge in [-0.25, -0.2) is 9.18 Å². The van der Waals surface area contributed by atoms with Crippen molar-refractivity contribution in [3.05, 3.63) is 41.8 Å². The molecule has 0 radical (unpaired) electrons. The first-order valence-electron chi connectivity index (χ1n) is 10.7. The van der Waals surface area contributed by atoms with Crippen LogP contribution in [0.4, 0.5) is 20.7 Å². The molecular formula is C22H25FN6O3. The molecule has 32 heavy (non-hydrogen) atoms. The number of likely N-dealkylation sites (tertiary alicyclic amines) is 1. The van der Waals surface area contributed by atoms with Crippen molar-refractivity contribution in [3.8, 4) is 6.07 Å². The van der Waals surface area contributed by atoms with Crippen molar-refractivity contribution < 1.29 is 19.1 Å². The van der Waals surface area contributed by atoms with Crippen molar-refractivity contribution in [1.82, 2.24) is 14.7 Å². The third-order valence-electron chi connectivity index (χ3n) is 6.53. The van der Waals surface area contributed by atoms with E-state index in [9.17, 15) is 24.3 Å². The number of rotatable bonds is 5. The van der Waals surface area contributed by atoms with Gasteiger partial charge < -0.3 is 21.1 Å². The number of carbonyl (C=O) groups is 2. The number of amides is 2. The smallest absolute Gasteiger partial charge is 0.407 e. The second kappa shape index (κ2) is 8.86. The average Bonchev–Trinajstić information content (AvgIpc) is 3.44. The van der Waals surface area contributed by atoms with Crippen LogP contribution in [0.3, 0.4) is 0 Å². The molecule has 1 aromatic carbocycles. The molecule has 0 spiro atoms. The fourth-order valence-corrected chi connectivity index (χ4v) is 5.05. The van der Waals surface area contributed by atoms with E-state index in [1.165, 1.54) is 35.4 Å². The SMILES string of the molecule is N#C[C@@H]1C(C2CCCC2)N(C(=O)O)CC[C@H]1n1cc(C(N)=O)c(Nc2ccc(F)cc2)n1. The van der Waals surface area contributed by atoms with Crippen LogP contribution in [0.5, 0.6) is 0 Å². The van der Waals surface area contributed by atoms with Gasteiger partial charge in [-0.3, -0.25) is 9.48 Å². The number of halogens is 1. The molecule has 0 bridgehead atoms. The van der Waals surface area contributed by atoms with Crippen molar-refractivity contribution >= 4 is 23.5 Å². The van der Waals surface area contributed by atoms with Crippen molar-refractivity contribution in [2.24, 2.45) is 17.6 Å². The van der Waals surface area contributed by atoms with E-state index in [4.69, 9.17) is 5.73 Å². The molecule has 4 N–H and O–H groups in total. The number of nitrogens with two attached hydrogens (primary N) is 1. The number of aromatic nitrogens is 2. The molecule has 1 aliphatic carbocycles. The Hall–Kier alpha value is -3.61. The zero-order chi connectivity index (χ0) is 22.8. The highest BCUT2D eigenvalue weighted by Crippen LogP contribution is 2.42. The number of nitriles is 1. The summed E-state index contributed by atoms with van der Waals surface area (Å²) in [7, 11) is 0. The first-order valence-corrected chi connectivity index (χ1v) is 10.7. The van der Waals surface area contributed by atoms with Gasteiger partial charge in [0.2, 0.25) is 0 Å². The third-order valence-corrected chi connectivity index (χ3v) is 6.53. The Morgan fingerprint density at radius 3 is 2.50 bits per heavy atom. The maximum absolute atomic E-state index is 13.2. The molecule has 10 heteroatoms. The van der Waals surface area contributed by atoms with E-state index >= 15 is 0 Å². The molecule has 2 aromatic rings. The van der Waals surface area contributed by atoms with Crippen molar-refractivity contribution in [3.63, 3.8) is 0 Å². The van der Waals surface area contributed by atoms with Gasteiger partial charge in [0.25, 0.3) is 5.91 Å². The maximum atomic E-state index is 13.2. The highest BCUT2D eigenvalue weighted by molar-refractivity contribution is 5.98. The summed E-state index contributed by atoms with van der Waals surface area (Å²) < 4.78 is 14.8. The van der Waals surface area contributed by atoms with E-state index in [-0.39, 0.29) is 23.8 Å². The molecule has 168 valence electrons. The Kier molecular flexibility index (Phi) is 5.99. The number of nitrogens with zero attached hydrogens (tertiary/aromatic N) is 4. The van der Waals surface area contributed by atoms with Crippen LogP contribution in [0.2, 0.25) is 0 Å². The lowest BCUT2D eigenvalue weighted by molar-refractivity contribution is 0.0401. The van der Waals surface area contributed by atoms with E-state index in [2.05, 4.69) is 16.5 Å². The molecule has 1 saturated heterocycles. The minimum atomic E-state index is -1.02. The second-order valence-corrected chi connectivity index (χ2v) is 8.39. The number of hydrogen-bond acceptors (Lipinski definition) is 5. The fourth-order valence-electron chi connectivity index (χ4n) is 5.05. The van der Waals surface area contributed by atoms with Gasteiger partial charge in [0.1, 0.15) is 11.4 Å². The maximum Gasteiger partial charge on any atom is 0.407 e. The predicted molar refractivity (Wildman–Crippen MR) is 114 cm³/mol. The molecule has 2 heterocycles. The monoisotopic (exact) mass is 440 g/mol. The van der Waals surface area contributed by atoms with Crippen LogP contribution >= 0.6 is 0 Å². The Labute approximate surface area is 184 Å². The van der Waals surface area contributed by atoms with Crippen LogP contribution < -0.4 is 11.1 Å². The summed E-state index contributed by atoms with van der Waals surface area (Å²) in [4.78, 5) is 25.3. The molecular weight excluding hydrogens is 415 g/mol. The molecule has 4 rings (SSSR count). The molecule has 2 aliphatic rings. The van der Waals surface area contributed by atoms with Gasteiger partial charge in [0.15, 0.2) is 5.82 Å². The minimum Gasteiger partial charge on any atom is -0.465 e. The minimum absolute atomic E-state index is 0.126. The number of carbonyl (C=O) groups excluding carboxylic acids is 1. The summed E-state index contributed by atoms with van der Waals surface area (Å²) in [5, 5.41) is 27.3. The van der Waals surface area contributed by atoms with Gasteiger partial charge in [-0.2, -0.15) is 10.4 Å². The lowest BCUT2D eigenvalue weighted by Gasteiger charge is -2.44. The summed E-state index contributed by atoms with van der Waals surface area (Å²) in [6, 6.07) is 7.10. The number of nitrogens with one attached hydrogen (secondary N) is 1. The Morgan fingerprint density at radius 2 is 1.91 bits per heavy atom. The zero-order valence-corrected chi connectivity index (χ0v) is 17.4. The van der Waals surface area contributed by atoms with Crippen molar-refractivity contribution in [1.29, 1.82) is 5.26 Å². The van der Waals surface area contributed by atoms with E-state index in [1.54, 1.807) is 4.68 Å². The van der Waals surface area contributed by atoms with Crippen LogP contribution in [-0.2, 0) is 0 Å². The summed E-state index contributed by atoms with van der Waals surface area (Å²) in [6.07, 6.45) is 4.71. The van der Waals surface area contributed by atoms with Crippen LogP contribution in [0.25, 0.3) is 0 Å². The third kappa shape index (κ3) is 4.10. The fraction of sp³-hybridized carbons (Fsp3) is 0.455. The number of piperidine rings is 1. The lowest BCUT2D eigenvalue weighted by atomic mass is 9.78. The van der Waals surface area contributed by atoms with Crippen LogP contribution in [0.15, 0.2) is 30.5 Å². The van der Waals surface area contributed by atoms with Gasteiger partial charge in [-0.05, 0) is 49.4 Å². The van der Waals surface area contributed by atoms with Gasteiger partial charge in [0.05, 0.1) is 24.1 Å². The summed E-state index contributed by atoms with van der Waals surface area (Å²) in [6.45, 7) is 0.284. The highest BCUT2D eigenvalue weighted by atomic mass is 19.1. The molecule has 1 aromatic heterocycles. The molecule has 2 amide bonds. The summed E-state index contributed by atoms with van der Waals surface area (Å²) in [5.74, 6) is -1.36. The lowest BCUT2D eigenvalue weighted by Crippen LogP contribution is -2.54. The van der Waals surface area contributed by atoms with Gasteiger partial charge >= 0.3 is 6.09 Å². The first-order chi connectivity index (χ1) is 15.4. The van der Waals surface area contributed by atoms with E-state index in [1.807, 2.05) is 0 Å². The van der Waals surface area contributed by atoms with Gasteiger partial charge in [-0.15, -0.1) is 0 Å². The van der Waals surface area contributed by atoms with E-state index < -0.39 is 35.8 Å². The molecule has 1 saturated carbocycles. The number of hydrogen-bond donors (Lipinski definition) is 3. The number of benzene rings is 1. The Balaban J connectivity index is 1.67. The quantitative estimate of drug-likeness (QED) is 0.651. The Bertz CT molecular complexity index is 1040. The topological polar surface area (TPSA) is 137 Å². The molecule has 9 nitrogen and oxygen atoms in total. The Morgan fingerprint density at radius 1 is 1.22 bits per heavy atom. The van der Waals surface area contributed by atoms with Crippen LogP contribution in [0, 0.1) is 29.0 Å². The molecule has 1 unspecified atom stereocenters. The van der Waals surface area contributed by atoms with Crippen LogP contribution in [0.1, 0.15) is 48.5 Å². The summed E-state index contributed by atoms with van der Waals surface area (Å²) >= 11 is 0. The first kappa shape index (κ1) is 21.6. The van der Waals surface area contributed by atoms with Crippen LogP contribution in [-0.4, -0.2) is 44.4 Å². The molecule has 1 aliphatic heterocycles. The second-order valence-electron chi connectivity index (χ2n) is 8.39. The molecule has 2 fully saturated rings. The molecule has 3 atom stereocenters. The normalized spacial score (nSPS) is 23.6. The van der Waals surface area contributed by atoms with E-state index in [0.29, 0.717) is 12.1 Å². The van der Waals surface area contributed by atoms with Gasteiger partial charge in [-0.1, -0.05) is 12.8 Å². The highest BCUT2D eigenvalue weighted by Gasteiger charge is 2.46. The average molecular weight is 440 g/mol. The number of anilines is 2. The van der Waals surface area contributed by atoms with E-state index in [0.717, 1.165) is 25.7 Å².